The van der Waals surface area contributed by atoms with Crippen LogP contribution in [-0.2, 0) is 6.54 Å². The van der Waals surface area contributed by atoms with Crippen molar-refractivity contribution in [1.29, 1.82) is 0 Å². The molecule has 7 heteroatoms. The Kier molecular flexibility index (Phi) is 9.37. The lowest BCUT2D eigenvalue weighted by Crippen LogP contribution is -2.47. The average molecular weight is 542 g/mol. The van der Waals surface area contributed by atoms with E-state index in [1.165, 1.54) is 5.56 Å². The number of ether oxygens (including phenoxy) is 4. The van der Waals surface area contributed by atoms with Gasteiger partial charge in [-0.05, 0) is 42.3 Å². The first-order valence-electron chi connectivity index (χ1n) is 14.1. The zero-order valence-corrected chi connectivity index (χ0v) is 23.8. The number of rotatable bonds is 12. The van der Waals surface area contributed by atoms with Crippen molar-refractivity contribution in [1.82, 2.24) is 14.8 Å². The largest absolute Gasteiger partial charge is 0.497 e. The van der Waals surface area contributed by atoms with Crippen molar-refractivity contribution in [2.24, 2.45) is 0 Å². The Morgan fingerprint density at radius 3 is 2.17 bits per heavy atom. The average Bonchev–Trinajstić information content (AvgIpc) is 3.01. The highest BCUT2D eigenvalue weighted by molar-refractivity contribution is 5.93. The van der Waals surface area contributed by atoms with Gasteiger partial charge in [-0.1, -0.05) is 37.3 Å². The van der Waals surface area contributed by atoms with Gasteiger partial charge in [0.25, 0.3) is 0 Å². The minimum absolute atomic E-state index is 0.584. The molecule has 40 heavy (non-hydrogen) atoms. The molecule has 2 heterocycles. The number of hydrogen-bond acceptors (Lipinski definition) is 7. The molecule has 0 atom stereocenters. The van der Waals surface area contributed by atoms with Crippen LogP contribution in [-0.4, -0.2) is 74.9 Å². The summed E-state index contributed by atoms with van der Waals surface area (Å²) < 4.78 is 23.5. The van der Waals surface area contributed by atoms with Gasteiger partial charge < -0.3 is 18.9 Å². The lowest BCUT2D eigenvalue weighted by molar-refractivity contribution is 0.113. The van der Waals surface area contributed by atoms with E-state index < -0.39 is 0 Å². The summed E-state index contributed by atoms with van der Waals surface area (Å²) in [6, 6.07) is 24.6. The molecule has 1 saturated heterocycles. The van der Waals surface area contributed by atoms with Gasteiger partial charge >= 0.3 is 0 Å². The fourth-order valence-electron chi connectivity index (χ4n) is 5.02. The molecule has 1 aromatic heterocycles. The van der Waals surface area contributed by atoms with Crippen LogP contribution in [0.15, 0.2) is 72.8 Å². The van der Waals surface area contributed by atoms with Crippen molar-refractivity contribution in [3.63, 3.8) is 0 Å². The summed E-state index contributed by atoms with van der Waals surface area (Å²) in [6.07, 6.45) is 0.974. The van der Waals surface area contributed by atoms with Crippen molar-refractivity contribution in [3.05, 3.63) is 78.4 Å². The van der Waals surface area contributed by atoms with E-state index in [4.69, 9.17) is 23.9 Å². The Hall–Kier alpha value is -3.81. The number of methoxy groups -OCH3 is 2. The summed E-state index contributed by atoms with van der Waals surface area (Å²) >= 11 is 0. The normalized spacial score (nSPS) is 14.3. The van der Waals surface area contributed by atoms with Gasteiger partial charge in [-0.25, -0.2) is 4.98 Å². The Morgan fingerprint density at radius 2 is 1.48 bits per heavy atom. The molecule has 0 bridgehead atoms. The predicted octanol–water partition coefficient (Wildman–Crippen LogP) is 5.90. The summed E-state index contributed by atoms with van der Waals surface area (Å²) in [5, 5.41) is 0.871. The second-order valence-electron chi connectivity index (χ2n) is 10.1. The molecule has 210 valence electrons. The van der Waals surface area contributed by atoms with E-state index in [0.29, 0.717) is 24.7 Å². The van der Waals surface area contributed by atoms with Crippen LogP contribution in [0.25, 0.3) is 22.2 Å². The highest BCUT2D eigenvalue weighted by atomic mass is 16.5. The summed E-state index contributed by atoms with van der Waals surface area (Å²) in [7, 11) is 3.31. The number of aromatic nitrogens is 1. The fraction of sp³-hybridized carbons (Fsp3) is 0.364. The van der Waals surface area contributed by atoms with Gasteiger partial charge in [-0.15, -0.1) is 0 Å². The lowest BCUT2D eigenvalue weighted by Gasteiger charge is -2.34. The van der Waals surface area contributed by atoms with Gasteiger partial charge in [0.15, 0.2) is 0 Å². The Bertz CT molecular complexity index is 1370. The number of fused-ring (bicyclic) bond motifs is 1. The molecule has 0 aliphatic carbocycles. The summed E-state index contributed by atoms with van der Waals surface area (Å²) in [5.41, 5.74) is 3.93. The van der Waals surface area contributed by atoms with E-state index in [0.717, 1.165) is 79.3 Å². The van der Waals surface area contributed by atoms with Crippen LogP contribution in [0.1, 0.15) is 18.9 Å². The Labute approximate surface area is 237 Å². The summed E-state index contributed by atoms with van der Waals surface area (Å²) in [5.74, 6) is 2.98. The first-order valence-corrected chi connectivity index (χ1v) is 14.1. The van der Waals surface area contributed by atoms with Crippen LogP contribution in [0, 0.1) is 0 Å². The monoisotopic (exact) mass is 541 g/mol. The maximum Gasteiger partial charge on any atom is 0.148 e. The number of piperazine rings is 1. The molecular formula is C33H39N3O4. The van der Waals surface area contributed by atoms with E-state index in [9.17, 15) is 0 Å². The minimum Gasteiger partial charge on any atom is -0.497 e. The minimum atomic E-state index is 0.584. The number of pyridine rings is 1. The Balaban J connectivity index is 1.30. The molecule has 1 fully saturated rings. The molecule has 5 rings (SSSR count). The van der Waals surface area contributed by atoms with Crippen LogP contribution in [0.5, 0.6) is 23.0 Å². The van der Waals surface area contributed by atoms with E-state index in [-0.39, 0.29) is 0 Å². The van der Waals surface area contributed by atoms with E-state index in [1.807, 2.05) is 42.5 Å². The van der Waals surface area contributed by atoms with Crippen LogP contribution >= 0.6 is 0 Å². The van der Waals surface area contributed by atoms with Gasteiger partial charge in [0, 0.05) is 62.4 Å². The maximum absolute atomic E-state index is 6.45. The maximum atomic E-state index is 6.45. The second kappa shape index (κ2) is 13.5. The predicted molar refractivity (Wildman–Crippen MR) is 160 cm³/mol. The molecule has 0 radical (unpaired) electrons. The third kappa shape index (κ3) is 6.84. The van der Waals surface area contributed by atoms with E-state index >= 15 is 0 Å². The number of hydrogen-bond donors (Lipinski definition) is 0. The van der Waals surface area contributed by atoms with Gasteiger partial charge in [0.2, 0.25) is 0 Å². The van der Waals surface area contributed by atoms with Crippen LogP contribution in [0.4, 0.5) is 0 Å². The number of nitrogens with zero attached hydrogens (tertiary/aromatic N) is 3. The van der Waals surface area contributed by atoms with Crippen molar-refractivity contribution >= 4 is 10.9 Å². The van der Waals surface area contributed by atoms with Crippen molar-refractivity contribution in [3.8, 4) is 34.3 Å². The van der Waals surface area contributed by atoms with Crippen LogP contribution in [0.2, 0.25) is 0 Å². The molecule has 0 spiro atoms. The van der Waals surface area contributed by atoms with Gasteiger partial charge in [0.1, 0.15) is 35.1 Å². The highest BCUT2D eigenvalue weighted by Gasteiger charge is 2.18. The third-order valence-electron chi connectivity index (χ3n) is 7.27. The highest BCUT2D eigenvalue weighted by Crippen LogP contribution is 2.38. The Morgan fingerprint density at radius 1 is 0.725 bits per heavy atom. The molecular weight excluding hydrogens is 502 g/mol. The van der Waals surface area contributed by atoms with Crippen molar-refractivity contribution < 1.29 is 18.9 Å². The second-order valence-corrected chi connectivity index (χ2v) is 10.1. The van der Waals surface area contributed by atoms with Crippen molar-refractivity contribution in [2.75, 3.05) is 60.2 Å². The third-order valence-corrected chi connectivity index (χ3v) is 7.27. The molecule has 0 saturated carbocycles. The quantitative estimate of drug-likeness (QED) is 0.221. The SMILES string of the molecule is CCCOc1ccc(-c2cc(OCCN3CCN(Cc4ccccc4)CC3)c3cc(OC)cc(OC)c3n2)cc1. The zero-order chi connectivity index (χ0) is 27.7. The molecule has 0 unspecified atom stereocenters. The van der Waals surface area contributed by atoms with Crippen LogP contribution in [0.3, 0.4) is 0 Å². The van der Waals surface area contributed by atoms with E-state index in [2.05, 4.69) is 47.1 Å². The van der Waals surface area contributed by atoms with Gasteiger partial charge in [0.05, 0.1) is 26.5 Å². The lowest BCUT2D eigenvalue weighted by atomic mass is 10.1. The fourth-order valence-corrected chi connectivity index (χ4v) is 5.02. The molecule has 1 aliphatic rings. The van der Waals surface area contributed by atoms with Crippen LogP contribution < -0.4 is 18.9 Å². The molecule has 3 aromatic carbocycles. The molecule has 0 amide bonds. The molecule has 7 nitrogen and oxygen atoms in total. The van der Waals surface area contributed by atoms with E-state index in [1.54, 1.807) is 14.2 Å². The van der Waals surface area contributed by atoms with Crippen molar-refractivity contribution in [2.45, 2.75) is 19.9 Å². The summed E-state index contributed by atoms with van der Waals surface area (Å²) in [6.45, 7) is 9.44. The number of benzene rings is 3. The topological polar surface area (TPSA) is 56.3 Å². The molecule has 0 N–H and O–H groups in total. The molecule has 1 aliphatic heterocycles. The standard InChI is InChI=1S/C33H39N3O4/c1-4-19-39-27-12-10-26(11-13-27)30-23-31(29-21-28(37-2)22-32(38-3)33(29)34-30)40-20-18-35-14-16-36(17-15-35)24-25-8-6-5-7-9-25/h5-13,21-23H,4,14-20,24H2,1-3H3. The zero-order valence-electron chi connectivity index (χ0n) is 23.8. The van der Waals surface area contributed by atoms with Gasteiger partial charge in [-0.3, -0.25) is 9.80 Å². The smallest absolute Gasteiger partial charge is 0.148 e. The summed E-state index contributed by atoms with van der Waals surface area (Å²) in [4.78, 5) is 9.96. The first-order chi connectivity index (χ1) is 19.7. The van der Waals surface area contributed by atoms with Gasteiger partial charge in [-0.2, -0.15) is 0 Å². The molecule has 4 aromatic rings. The first kappa shape index (κ1) is 27.7.